The van der Waals surface area contributed by atoms with Crippen molar-refractivity contribution >= 4 is 23.6 Å². The van der Waals surface area contributed by atoms with E-state index in [9.17, 15) is 14.0 Å². The Bertz CT molecular complexity index is 1310. The second kappa shape index (κ2) is 9.79. The van der Waals surface area contributed by atoms with Gasteiger partial charge in [0.2, 0.25) is 11.9 Å². The van der Waals surface area contributed by atoms with Gasteiger partial charge in [-0.15, -0.1) is 0 Å². The third kappa shape index (κ3) is 4.85. The molecule has 194 valence electrons. The number of hydrogen-bond donors (Lipinski definition) is 0. The number of benzene rings is 1. The van der Waals surface area contributed by atoms with Crippen LogP contribution in [-0.2, 0) is 17.9 Å². The van der Waals surface area contributed by atoms with Crippen LogP contribution in [0.4, 0.5) is 16.2 Å². The predicted octanol–water partition coefficient (Wildman–Crippen LogP) is 2.47. The van der Waals surface area contributed by atoms with E-state index < -0.39 is 0 Å². The average Bonchev–Trinajstić information content (AvgIpc) is 3.48. The summed E-state index contributed by atoms with van der Waals surface area (Å²) in [7, 11) is 1.94. The normalized spacial score (nSPS) is 15.5. The van der Waals surface area contributed by atoms with Crippen LogP contribution < -0.4 is 9.80 Å². The van der Waals surface area contributed by atoms with E-state index in [1.54, 1.807) is 39.7 Å². The number of rotatable bonds is 6. The highest BCUT2D eigenvalue weighted by molar-refractivity contribution is 5.98. The summed E-state index contributed by atoms with van der Waals surface area (Å²) in [4.78, 5) is 42.3. The zero-order chi connectivity index (χ0) is 26.3. The average molecular weight is 507 g/mol. The number of hydrogen-bond acceptors (Lipinski definition) is 7. The lowest BCUT2D eigenvalue weighted by molar-refractivity contribution is -0.129. The Morgan fingerprint density at radius 1 is 1.11 bits per heavy atom. The third-order valence-corrected chi connectivity index (χ3v) is 6.91. The molecule has 3 aromatic rings. The van der Waals surface area contributed by atoms with Gasteiger partial charge in [-0.25, -0.2) is 14.1 Å². The molecule has 37 heavy (non-hydrogen) atoms. The molecule has 1 aromatic carbocycles. The first kappa shape index (κ1) is 24.7. The molecule has 10 nitrogen and oxygen atoms in total. The molecule has 1 saturated heterocycles. The number of fused-ring (bicyclic) bond motifs is 1. The first-order valence-corrected chi connectivity index (χ1v) is 12.4. The van der Waals surface area contributed by atoms with Crippen LogP contribution in [0, 0.1) is 5.82 Å². The van der Waals surface area contributed by atoms with Gasteiger partial charge in [-0.05, 0) is 38.1 Å². The molecule has 11 heteroatoms. The maximum Gasteiger partial charge on any atom is 0.273 e. The second-order valence-corrected chi connectivity index (χ2v) is 9.82. The molecule has 0 radical (unpaired) electrons. The first-order valence-electron chi connectivity index (χ1n) is 12.4. The number of anilines is 2. The smallest absolute Gasteiger partial charge is 0.273 e. The van der Waals surface area contributed by atoms with E-state index in [1.807, 2.05) is 36.9 Å². The van der Waals surface area contributed by atoms with Gasteiger partial charge in [0.15, 0.2) is 0 Å². The van der Waals surface area contributed by atoms with Gasteiger partial charge in [0.25, 0.3) is 5.91 Å². The lowest BCUT2D eigenvalue weighted by atomic mass is 10.2. The maximum absolute atomic E-state index is 13.3. The molecule has 4 heterocycles. The number of amides is 2. The van der Waals surface area contributed by atoms with Crippen molar-refractivity contribution in [2.75, 3.05) is 43.0 Å². The van der Waals surface area contributed by atoms with Crippen LogP contribution in [0.25, 0.3) is 5.69 Å². The fourth-order valence-electron chi connectivity index (χ4n) is 4.78. The van der Waals surface area contributed by atoms with E-state index >= 15 is 0 Å². The molecular weight excluding hydrogens is 475 g/mol. The Hall–Kier alpha value is -4.02. The molecule has 2 aromatic heterocycles. The molecule has 0 saturated carbocycles. The van der Waals surface area contributed by atoms with E-state index in [0.717, 1.165) is 16.8 Å². The fourth-order valence-corrected chi connectivity index (χ4v) is 4.78. The maximum atomic E-state index is 13.3. The molecule has 0 aliphatic carbocycles. The molecule has 2 aliphatic rings. The van der Waals surface area contributed by atoms with Crippen molar-refractivity contribution in [2.45, 2.75) is 39.9 Å². The van der Waals surface area contributed by atoms with Crippen LogP contribution in [0.3, 0.4) is 0 Å². The number of halogens is 1. The van der Waals surface area contributed by atoms with E-state index in [4.69, 9.17) is 9.97 Å². The lowest BCUT2D eigenvalue weighted by Crippen LogP contribution is -2.48. The summed E-state index contributed by atoms with van der Waals surface area (Å²) in [6, 6.07) is 6.20. The summed E-state index contributed by atoms with van der Waals surface area (Å²) in [5.41, 5.74) is 2.97. The minimum absolute atomic E-state index is 0.0383. The monoisotopic (exact) mass is 506 g/mol. The van der Waals surface area contributed by atoms with E-state index in [0.29, 0.717) is 56.7 Å². The molecule has 0 N–H and O–H groups in total. The van der Waals surface area contributed by atoms with Crippen molar-refractivity contribution in [1.82, 2.24) is 29.5 Å². The van der Waals surface area contributed by atoms with Crippen molar-refractivity contribution in [1.29, 1.82) is 0 Å². The standard InChI is InChI=1S/C26H31FN8O2/c1-17(2)34-16-22-23(25(34)37)29-26(33-11-9-32(10-12-33)18(3)36)30-24(22)31(4)14-19-13-28-35(15-19)21-7-5-20(27)6-8-21/h5-8,13,15,17H,9-12,14,16H2,1-4H3. The van der Waals surface area contributed by atoms with Crippen molar-refractivity contribution in [3.8, 4) is 5.69 Å². The highest BCUT2D eigenvalue weighted by Gasteiger charge is 2.36. The van der Waals surface area contributed by atoms with Crippen LogP contribution in [0.1, 0.15) is 42.4 Å². The lowest BCUT2D eigenvalue weighted by Gasteiger charge is -2.34. The summed E-state index contributed by atoms with van der Waals surface area (Å²) in [5, 5.41) is 4.43. The third-order valence-electron chi connectivity index (χ3n) is 6.91. The summed E-state index contributed by atoms with van der Waals surface area (Å²) in [5.74, 6) is 0.885. The quantitative estimate of drug-likeness (QED) is 0.507. The Balaban J connectivity index is 1.43. The van der Waals surface area contributed by atoms with Gasteiger partial charge >= 0.3 is 0 Å². The van der Waals surface area contributed by atoms with Gasteiger partial charge in [0.1, 0.15) is 17.3 Å². The Kier molecular flexibility index (Phi) is 6.53. The van der Waals surface area contributed by atoms with Gasteiger partial charge in [-0.1, -0.05) is 0 Å². The minimum Gasteiger partial charge on any atom is -0.355 e. The van der Waals surface area contributed by atoms with E-state index in [-0.39, 0.29) is 23.7 Å². The Labute approximate surface area is 215 Å². The van der Waals surface area contributed by atoms with Gasteiger partial charge in [-0.3, -0.25) is 9.59 Å². The van der Waals surface area contributed by atoms with Crippen LogP contribution in [-0.4, -0.2) is 80.6 Å². The van der Waals surface area contributed by atoms with Crippen molar-refractivity contribution in [2.24, 2.45) is 0 Å². The predicted molar refractivity (Wildman–Crippen MR) is 137 cm³/mol. The van der Waals surface area contributed by atoms with Crippen molar-refractivity contribution < 1.29 is 14.0 Å². The van der Waals surface area contributed by atoms with Crippen LogP contribution in [0.2, 0.25) is 0 Å². The van der Waals surface area contributed by atoms with E-state index in [2.05, 4.69) is 5.10 Å². The largest absolute Gasteiger partial charge is 0.355 e. The Morgan fingerprint density at radius 3 is 2.46 bits per heavy atom. The summed E-state index contributed by atoms with van der Waals surface area (Å²) in [6.45, 7) is 8.93. The molecule has 2 aliphatic heterocycles. The number of carbonyl (C=O) groups is 2. The molecule has 0 unspecified atom stereocenters. The van der Waals surface area contributed by atoms with E-state index in [1.165, 1.54) is 12.1 Å². The highest BCUT2D eigenvalue weighted by Crippen LogP contribution is 2.33. The summed E-state index contributed by atoms with van der Waals surface area (Å²) < 4.78 is 15.0. The SMILES string of the molecule is CC(=O)N1CCN(c2nc3c(c(N(C)Cc4cnn(-c5ccc(F)cc5)c4)n2)CN(C(C)C)C3=O)CC1. The van der Waals surface area contributed by atoms with Gasteiger partial charge < -0.3 is 19.6 Å². The summed E-state index contributed by atoms with van der Waals surface area (Å²) in [6.07, 6.45) is 3.67. The topological polar surface area (TPSA) is 90.7 Å². The molecule has 2 amide bonds. The van der Waals surface area contributed by atoms with Crippen molar-refractivity contribution in [3.63, 3.8) is 0 Å². The number of piperazine rings is 1. The number of nitrogens with zero attached hydrogens (tertiary/aromatic N) is 8. The molecular formula is C26H31FN8O2. The number of carbonyl (C=O) groups excluding carboxylic acids is 2. The van der Waals surface area contributed by atoms with Crippen LogP contribution in [0.15, 0.2) is 36.7 Å². The fraction of sp³-hybridized carbons (Fsp3) is 0.423. The Morgan fingerprint density at radius 2 is 1.81 bits per heavy atom. The minimum atomic E-state index is -0.294. The van der Waals surface area contributed by atoms with Gasteiger partial charge in [-0.2, -0.15) is 10.1 Å². The molecule has 0 spiro atoms. The van der Waals surface area contributed by atoms with Gasteiger partial charge in [0.05, 0.1) is 18.4 Å². The molecule has 1 fully saturated rings. The molecule has 0 atom stereocenters. The zero-order valence-corrected chi connectivity index (χ0v) is 21.6. The summed E-state index contributed by atoms with van der Waals surface area (Å²) >= 11 is 0. The first-order chi connectivity index (χ1) is 17.7. The van der Waals surface area contributed by atoms with Gasteiger partial charge in [0, 0.05) is 70.1 Å². The van der Waals surface area contributed by atoms with Crippen LogP contribution in [0.5, 0.6) is 0 Å². The zero-order valence-electron chi connectivity index (χ0n) is 21.6. The highest BCUT2D eigenvalue weighted by atomic mass is 19.1. The second-order valence-electron chi connectivity index (χ2n) is 9.82. The van der Waals surface area contributed by atoms with Crippen LogP contribution >= 0.6 is 0 Å². The number of aromatic nitrogens is 4. The molecule has 5 rings (SSSR count). The van der Waals surface area contributed by atoms with Crippen molar-refractivity contribution in [3.05, 3.63) is 59.3 Å². The molecule has 0 bridgehead atoms.